The summed E-state index contributed by atoms with van der Waals surface area (Å²) in [6.07, 6.45) is -0.279. The topological polar surface area (TPSA) is 83.9 Å². The van der Waals surface area contributed by atoms with Crippen LogP contribution >= 0.6 is 0 Å². The fraction of sp³-hybridized carbons (Fsp3) is 0.188. The predicted molar refractivity (Wildman–Crippen MR) is 78.1 cm³/mol. The molecule has 0 spiro atoms. The second-order valence-electron chi connectivity index (χ2n) is 4.95. The summed E-state index contributed by atoms with van der Waals surface area (Å²) < 4.78 is 5.27. The first kappa shape index (κ1) is 14.1. The van der Waals surface area contributed by atoms with Crippen LogP contribution in [-0.4, -0.2) is 41.4 Å². The van der Waals surface area contributed by atoms with Gasteiger partial charge in [-0.1, -0.05) is 12.1 Å². The first-order valence-corrected chi connectivity index (χ1v) is 6.72. The maximum atomic E-state index is 12.5. The highest BCUT2D eigenvalue weighted by molar-refractivity contribution is 6.26. The molecular weight excluding hydrogens is 286 g/mol. The van der Waals surface area contributed by atoms with Crippen LogP contribution in [0.25, 0.3) is 10.8 Å². The van der Waals surface area contributed by atoms with Crippen molar-refractivity contribution in [2.24, 2.45) is 0 Å². The minimum Gasteiger partial charge on any atom is -0.496 e. The number of imide groups is 1. The SMILES string of the molecule is COc1ccc2c3c(cccc13)C(=O)N(CCC(=O)O)C2=O. The molecule has 0 saturated carbocycles. The number of rotatable bonds is 4. The van der Waals surface area contributed by atoms with Crippen molar-refractivity contribution in [2.45, 2.75) is 6.42 Å². The Kier molecular flexibility index (Phi) is 3.29. The average Bonchev–Trinajstić information content (AvgIpc) is 2.51. The molecule has 0 bridgehead atoms. The number of nitrogens with zero attached hydrogens (tertiary/aromatic N) is 1. The number of carbonyl (C=O) groups excluding carboxylic acids is 2. The Labute approximate surface area is 125 Å². The van der Waals surface area contributed by atoms with Gasteiger partial charge in [0.05, 0.1) is 13.5 Å². The molecule has 0 fully saturated rings. The first-order chi connectivity index (χ1) is 10.5. The molecule has 3 rings (SSSR count). The molecule has 0 aliphatic carbocycles. The monoisotopic (exact) mass is 299 g/mol. The molecule has 0 radical (unpaired) electrons. The number of amides is 2. The number of ether oxygens (including phenoxy) is 1. The molecule has 2 aromatic rings. The molecular formula is C16H13NO5. The summed E-state index contributed by atoms with van der Waals surface area (Å²) in [5.74, 6) is -1.42. The fourth-order valence-electron chi connectivity index (χ4n) is 2.71. The minimum atomic E-state index is -1.06. The van der Waals surface area contributed by atoms with E-state index >= 15 is 0 Å². The second kappa shape index (κ2) is 5.14. The van der Waals surface area contributed by atoms with Gasteiger partial charge >= 0.3 is 5.97 Å². The smallest absolute Gasteiger partial charge is 0.305 e. The Morgan fingerprint density at radius 3 is 2.45 bits per heavy atom. The number of hydrogen-bond donors (Lipinski definition) is 1. The van der Waals surface area contributed by atoms with Crippen LogP contribution in [0.5, 0.6) is 5.75 Å². The lowest BCUT2D eigenvalue weighted by molar-refractivity contribution is -0.137. The van der Waals surface area contributed by atoms with Crippen molar-refractivity contribution >= 4 is 28.6 Å². The Hall–Kier alpha value is -2.89. The Balaban J connectivity index is 2.17. The van der Waals surface area contributed by atoms with Gasteiger partial charge in [-0.05, 0) is 18.2 Å². The van der Waals surface area contributed by atoms with Gasteiger partial charge in [0, 0.05) is 28.4 Å². The molecule has 0 aromatic heterocycles. The Morgan fingerprint density at radius 1 is 1.14 bits per heavy atom. The summed E-state index contributed by atoms with van der Waals surface area (Å²) in [6, 6.07) is 8.41. The number of benzene rings is 2. The van der Waals surface area contributed by atoms with E-state index in [1.54, 1.807) is 30.3 Å². The quantitative estimate of drug-likeness (QED) is 0.872. The lowest BCUT2D eigenvalue weighted by Gasteiger charge is -2.27. The second-order valence-corrected chi connectivity index (χ2v) is 4.95. The van der Waals surface area contributed by atoms with Gasteiger partial charge in [-0.2, -0.15) is 0 Å². The minimum absolute atomic E-state index is 0.144. The summed E-state index contributed by atoms with van der Waals surface area (Å²) in [5, 5.41) is 10.0. The van der Waals surface area contributed by atoms with Crippen LogP contribution in [-0.2, 0) is 4.79 Å². The Morgan fingerprint density at radius 2 is 1.82 bits per heavy atom. The van der Waals surface area contributed by atoms with Crippen LogP contribution in [0.3, 0.4) is 0 Å². The molecule has 0 unspecified atom stereocenters. The van der Waals surface area contributed by atoms with E-state index < -0.39 is 17.8 Å². The lowest BCUT2D eigenvalue weighted by atomic mass is 9.93. The predicted octanol–water partition coefficient (Wildman–Crippen LogP) is 1.92. The van der Waals surface area contributed by atoms with E-state index in [0.29, 0.717) is 27.6 Å². The zero-order chi connectivity index (χ0) is 15.9. The summed E-state index contributed by atoms with van der Waals surface area (Å²) >= 11 is 0. The molecule has 2 aromatic carbocycles. The van der Waals surface area contributed by atoms with E-state index in [-0.39, 0.29) is 13.0 Å². The number of methoxy groups -OCH3 is 1. The third-order valence-electron chi connectivity index (χ3n) is 3.72. The van der Waals surface area contributed by atoms with Crippen molar-refractivity contribution < 1.29 is 24.2 Å². The molecule has 22 heavy (non-hydrogen) atoms. The number of hydrogen-bond acceptors (Lipinski definition) is 4. The normalized spacial score (nSPS) is 13.6. The van der Waals surface area contributed by atoms with Gasteiger partial charge in [0.15, 0.2) is 0 Å². The summed E-state index contributed by atoms with van der Waals surface area (Å²) in [5.41, 5.74) is 0.771. The van der Waals surface area contributed by atoms with Gasteiger partial charge in [0.2, 0.25) is 0 Å². The van der Waals surface area contributed by atoms with Crippen molar-refractivity contribution in [3.8, 4) is 5.75 Å². The van der Waals surface area contributed by atoms with Crippen LogP contribution < -0.4 is 4.74 Å². The molecule has 1 aliphatic rings. The van der Waals surface area contributed by atoms with Crippen molar-refractivity contribution in [1.29, 1.82) is 0 Å². The van der Waals surface area contributed by atoms with Crippen LogP contribution in [0.1, 0.15) is 27.1 Å². The van der Waals surface area contributed by atoms with Gasteiger partial charge in [0.25, 0.3) is 11.8 Å². The maximum Gasteiger partial charge on any atom is 0.305 e. The van der Waals surface area contributed by atoms with Gasteiger partial charge in [-0.15, -0.1) is 0 Å². The molecule has 6 heteroatoms. The van der Waals surface area contributed by atoms with Gasteiger partial charge in [0.1, 0.15) is 5.75 Å². The maximum absolute atomic E-state index is 12.5. The molecule has 0 saturated heterocycles. The standard InChI is InChI=1S/C16H13NO5/c1-22-12-6-5-11-14-9(12)3-2-4-10(14)15(20)17(16(11)21)8-7-13(18)19/h2-6H,7-8H2,1H3,(H,18,19). The third kappa shape index (κ3) is 2.00. The van der Waals surface area contributed by atoms with E-state index in [1.165, 1.54) is 7.11 Å². The molecule has 1 N–H and O–H groups in total. The van der Waals surface area contributed by atoms with Crippen LogP contribution in [0.15, 0.2) is 30.3 Å². The van der Waals surface area contributed by atoms with Gasteiger partial charge in [-0.25, -0.2) is 0 Å². The molecule has 1 aliphatic heterocycles. The van der Waals surface area contributed by atoms with E-state index in [1.807, 2.05) is 0 Å². The zero-order valence-electron chi connectivity index (χ0n) is 11.8. The number of carboxylic acids is 1. The highest BCUT2D eigenvalue weighted by Gasteiger charge is 2.33. The lowest BCUT2D eigenvalue weighted by Crippen LogP contribution is -2.41. The fourth-order valence-corrected chi connectivity index (χ4v) is 2.71. The van der Waals surface area contributed by atoms with Gasteiger partial charge < -0.3 is 9.84 Å². The summed E-state index contributed by atoms with van der Waals surface area (Å²) in [7, 11) is 1.52. The highest BCUT2D eigenvalue weighted by Crippen LogP contribution is 2.35. The number of aliphatic carboxylic acids is 1. The van der Waals surface area contributed by atoms with Crippen LogP contribution in [0, 0.1) is 0 Å². The van der Waals surface area contributed by atoms with E-state index in [0.717, 1.165) is 4.90 Å². The molecule has 1 heterocycles. The van der Waals surface area contributed by atoms with Gasteiger partial charge in [-0.3, -0.25) is 19.3 Å². The van der Waals surface area contributed by atoms with E-state index in [2.05, 4.69) is 0 Å². The largest absolute Gasteiger partial charge is 0.496 e. The van der Waals surface area contributed by atoms with E-state index in [4.69, 9.17) is 9.84 Å². The van der Waals surface area contributed by atoms with Crippen molar-refractivity contribution in [3.05, 3.63) is 41.5 Å². The molecule has 0 atom stereocenters. The van der Waals surface area contributed by atoms with E-state index in [9.17, 15) is 14.4 Å². The molecule has 112 valence electrons. The van der Waals surface area contributed by atoms with Crippen molar-refractivity contribution in [1.82, 2.24) is 4.90 Å². The number of carboxylic acid groups (broad SMARTS) is 1. The first-order valence-electron chi connectivity index (χ1n) is 6.72. The van der Waals surface area contributed by atoms with Crippen molar-refractivity contribution in [3.63, 3.8) is 0 Å². The van der Waals surface area contributed by atoms with Crippen LogP contribution in [0.2, 0.25) is 0 Å². The number of carbonyl (C=O) groups is 3. The van der Waals surface area contributed by atoms with Crippen molar-refractivity contribution in [2.75, 3.05) is 13.7 Å². The molecule has 6 nitrogen and oxygen atoms in total. The third-order valence-corrected chi connectivity index (χ3v) is 3.72. The zero-order valence-corrected chi connectivity index (χ0v) is 11.8. The molecule has 2 amide bonds. The van der Waals surface area contributed by atoms with Crippen LogP contribution in [0.4, 0.5) is 0 Å². The summed E-state index contributed by atoms with van der Waals surface area (Å²) in [6.45, 7) is -0.144. The highest BCUT2D eigenvalue weighted by atomic mass is 16.5. The summed E-state index contributed by atoms with van der Waals surface area (Å²) in [4.78, 5) is 36.7. The Bertz CT molecular complexity index is 789. The average molecular weight is 299 g/mol.